The van der Waals surface area contributed by atoms with Gasteiger partial charge in [0.15, 0.2) is 0 Å². The number of thiophene rings is 1. The molecule has 4 aromatic rings. The van der Waals surface area contributed by atoms with Gasteiger partial charge >= 0.3 is 0 Å². The molecule has 2 aliphatic heterocycles. The van der Waals surface area contributed by atoms with Gasteiger partial charge in [0.2, 0.25) is 0 Å². The van der Waals surface area contributed by atoms with Crippen LogP contribution in [0.5, 0.6) is 5.75 Å². The van der Waals surface area contributed by atoms with E-state index < -0.39 is 11.5 Å². The quantitative estimate of drug-likeness (QED) is 0.227. The molecular formula is C34H35F2N4O2SSi. The Morgan fingerprint density at radius 2 is 2.00 bits per heavy atom. The summed E-state index contributed by atoms with van der Waals surface area (Å²) in [5.41, 5.74) is 3.78. The van der Waals surface area contributed by atoms with Crippen LogP contribution in [0.4, 0.5) is 8.78 Å². The topological polar surface area (TPSA) is 57.7 Å². The van der Waals surface area contributed by atoms with Crippen LogP contribution in [0.1, 0.15) is 52.0 Å². The van der Waals surface area contributed by atoms with Crippen molar-refractivity contribution in [3.8, 4) is 16.2 Å². The maximum absolute atomic E-state index is 13.8. The number of nitrogens with zero attached hydrogens (tertiary/aromatic N) is 3. The third kappa shape index (κ3) is 5.80. The summed E-state index contributed by atoms with van der Waals surface area (Å²) in [6.45, 7) is 3.75. The molecule has 4 heterocycles. The standard InChI is InChI=1S/C34H35F2N4O2SSi/c1-21-5-6-23(42-32(44)29-9-14-39(29)2)18-26(21)31(41)38-33(10-11-33)27-16-22(17-28-25(27)4-3-13-37-28)30-8-7-24(43-30)19-40-15-12-34(35,36)20-40/h3-8,13,16-18,29,32H,9-12,14-15,19-20H2,1-2H3,(H,38,41)/t29-,32-/m0/s1. The van der Waals surface area contributed by atoms with Crippen LogP contribution in [0.3, 0.4) is 0 Å². The Morgan fingerprint density at radius 1 is 1.16 bits per heavy atom. The second-order valence-corrected chi connectivity index (χ2v) is 14.3. The van der Waals surface area contributed by atoms with E-state index in [1.165, 1.54) is 0 Å². The van der Waals surface area contributed by atoms with Crippen LogP contribution in [0.15, 0.2) is 60.8 Å². The Balaban J connectivity index is 1.14. The van der Waals surface area contributed by atoms with E-state index in [0.717, 1.165) is 63.2 Å². The highest BCUT2D eigenvalue weighted by Crippen LogP contribution is 2.49. The van der Waals surface area contributed by atoms with Gasteiger partial charge in [0, 0.05) is 52.5 Å². The lowest BCUT2D eigenvalue weighted by atomic mass is 9.95. The molecule has 1 aliphatic carbocycles. The van der Waals surface area contributed by atoms with E-state index in [0.29, 0.717) is 30.4 Å². The molecule has 2 aromatic carbocycles. The van der Waals surface area contributed by atoms with E-state index in [1.54, 1.807) is 17.5 Å². The number of aryl methyl sites for hydroxylation is 1. The summed E-state index contributed by atoms with van der Waals surface area (Å²) < 4.78 is 33.7. The number of benzene rings is 2. The molecular weight excluding hydrogens is 595 g/mol. The first kappa shape index (κ1) is 29.5. The monoisotopic (exact) mass is 629 g/mol. The zero-order valence-corrected chi connectivity index (χ0v) is 26.7. The van der Waals surface area contributed by atoms with Crippen molar-refractivity contribution in [1.82, 2.24) is 20.1 Å². The minimum atomic E-state index is -2.60. The van der Waals surface area contributed by atoms with E-state index in [9.17, 15) is 13.6 Å². The van der Waals surface area contributed by atoms with Crippen molar-refractivity contribution >= 4 is 38.4 Å². The number of hydrogen-bond acceptors (Lipinski definition) is 6. The van der Waals surface area contributed by atoms with Crippen LogP contribution in [0.25, 0.3) is 21.3 Å². The van der Waals surface area contributed by atoms with Crippen molar-refractivity contribution in [2.24, 2.45) is 0 Å². The van der Waals surface area contributed by atoms with E-state index in [-0.39, 0.29) is 24.6 Å². The number of likely N-dealkylation sites (N-methyl/N-ethyl adjacent to an activating group) is 1. The van der Waals surface area contributed by atoms with E-state index >= 15 is 0 Å². The number of alkyl halides is 2. The molecule has 2 atom stereocenters. The lowest BCUT2D eigenvalue weighted by Gasteiger charge is -2.41. The first-order chi connectivity index (χ1) is 21.1. The van der Waals surface area contributed by atoms with Gasteiger partial charge in [-0.15, -0.1) is 11.3 Å². The van der Waals surface area contributed by atoms with Crippen LogP contribution >= 0.6 is 11.3 Å². The van der Waals surface area contributed by atoms with Crippen molar-refractivity contribution in [1.29, 1.82) is 0 Å². The van der Waals surface area contributed by atoms with Gasteiger partial charge in [-0.1, -0.05) is 12.1 Å². The minimum absolute atomic E-state index is 0.0788. The molecule has 10 heteroatoms. The number of ether oxygens (including phenoxy) is 1. The second-order valence-electron chi connectivity index (χ2n) is 12.6. The Kier molecular flexibility index (Phi) is 7.59. The van der Waals surface area contributed by atoms with Gasteiger partial charge in [-0.2, -0.15) is 0 Å². The van der Waals surface area contributed by atoms with Crippen molar-refractivity contribution < 1.29 is 18.3 Å². The van der Waals surface area contributed by atoms with Gasteiger partial charge in [0.1, 0.15) is 5.75 Å². The van der Waals surface area contributed by atoms with Gasteiger partial charge < -0.3 is 15.0 Å². The minimum Gasteiger partial charge on any atom is -0.493 e. The third-order valence-electron chi connectivity index (χ3n) is 9.32. The fourth-order valence-corrected chi connectivity index (χ4v) is 8.03. The number of rotatable bonds is 9. The van der Waals surface area contributed by atoms with Crippen molar-refractivity contribution in [2.45, 2.75) is 62.4 Å². The predicted octanol–water partition coefficient (Wildman–Crippen LogP) is 6.11. The van der Waals surface area contributed by atoms with E-state index in [1.807, 2.05) is 42.2 Å². The van der Waals surface area contributed by atoms with Gasteiger partial charge in [-0.25, -0.2) is 8.78 Å². The highest BCUT2D eigenvalue weighted by Gasteiger charge is 2.47. The van der Waals surface area contributed by atoms with Crippen LogP contribution in [0, 0.1) is 6.92 Å². The third-order valence-corrected chi connectivity index (χ3v) is 10.9. The first-order valence-electron chi connectivity index (χ1n) is 15.2. The molecule has 2 aromatic heterocycles. The number of carbonyl (C=O) groups excluding carboxylic acids is 1. The largest absolute Gasteiger partial charge is 0.493 e. The summed E-state index contributed by atoms with van der Waals surface area (Å²) in [4.78, 5) is 24.7. The molecule has 44 heavy (non-hydrogen) atoms. The maximum Gasteiger partial charge on any atom is 0.261 e. The number of halogens is 2. The summed E-state index contributed by atoms with van der Waals surface area (Å²) in [6.07, 6.45) is 4.44. The van der Waals surface area contributed by atoms with E-state index in [2.05, 4.69) is 56.8 Å². The smallest absolute Gasteiger partial charge is 0.261 e. The molecule has 1 saturated carbocycles. The van der Waals surface area contributed by atoms with Crippen molar-refractivity contribution in [3.05, 3.63) is 82.4 Å². The fourth-order valence-electron chi connectivity index (χ4n) is 6.44. The average Bonchev–Trinajstić information content (AvgIpc) is 3.46. The summed E-state index contributed by atoms with van der Waals surface area (Å²) in [6, 6.07) is 18.3. The highest BCUT2D eigenvalue weighted by atomic mass is 32.1. The number of amides is 1. The predicted molar refractivity (Wildman–Crippen MR) is 171 cm³/mol. The molecule has 3 radical (unpaired) electrons. The SMILES string of the molecule is Cc1ccc(O[C@@H]([Si])[C@@H]2CCN2C)cc1C(=O)NC1(c2cc(-c3ccc(CN4CCC(F)(F)C4)s3)cc3ncccc23)CC1. The number of aromatic nitrogens is 1. The Labute approximate surface area is 263 Å². The molecule has 3 fully saturated rings. The Hall–Kier alpha value is -3.18. The molecule has 6 nitrogen and oxygen atoms in total. The molecule has 0 unspecified atom stereocenters. The molecule has 1 amide bonds. The lowest BCUT2D eigenvalue weighted by molar-refractivity contribution is 0.0116. The number of pyridine rings is 1. The zero-order chi connectivity index (χ0) is 30.6. The number of nitrogens with one attached hydrogen (secondary N) is 1. The van der Waals surface area contributed by atoms with Gasteiger partial charge in [-0.3, -0.25) is 14.7 Å². The van der Waals surface area contributed by atoms with Gasteiger partial charge in [-0.05, 0) is 98.9 Å². The van der Waals surface area contributed by atoms with Crippen LogP contribution in [-0.2, 0) is 12.1 Å². The maximum atomic E-state index is 13.8. The Bertz CT molecular complexity index is 1720. The average molecular weight is 630 g/mol. The van der Waals surface area contributed by atoms with Gasteiger partial charge in [0.25, 0.3) is 11.8 Å². The molecule has 227 valence electrons. The second kappa shape index (κ2) is 11.3. The summed E-state index contributed by atoms with van der Waals surface area (Å²) >= 11 is 1.63. The fraction of sp³-hybridized carbons (Fsp3) is 0.412. The first-order valence-corrected chi connectivity index (χ1v) is 16.6. The summed E-state index contributed by atoms with van der Waals surface area (Å²) in [7, 11) is 5.82. The van der Waals surface area contributed by atoms with Crippen LogP contribution < -0.4 is 10.1 Å². The molecule has 1 N–H and O–H groups in total. The molecule has 0 bridgehead atoms. The highest BCUT2D eigenvalue weighted by molar-refractivity contribution is 7.15. The lowest BCUT2D eigenvalue weighted by Crippen LogP contribution is -2.53. The van der Waals surface area contributed by atoms with E-state index in [4.69, 9.17) is 4.74 Å². The Morgan fingerprint density at radius 3 is 2.70 bits per heavy atom. The number of fused-ring (bicyclic) bond motifs is 1. The summed E-state index contributed by atoms with van der Waals surface area (Å²) in [5, 5.41) is 4.41. The van der Waals surface area contributed by atoms with Crippen LogP contribution in [0.2, 0.25) is 0 Å². The van der Waals surface area contributed by atoms with Crippen molar-refractivity contribution in [3.63, 3.8) is 0 Å². The molecule has 7 rings (SSSR count). The number of carbonyl (C=O) groups is 1. The van der Waals surface area contributed by atoms with Crippen LogP contribution in [-0.4, -0.2) is 75.3 Å². The van der Waals surface area contributed by atoms with Crippen molar-refractivity contribution in [2.75, 3.05) is 26.7 Å². The molecule has 3 aliphatic rings. The summed E-state index contributed by atoms with van der Waals surface area (Å²) in [5.74, 6) is -2.06. The normalized spacial score (nSPS) is 21.6. The number of likely N-dealkylation sites (tertiary alicyclic amines) is 2. The molecule has 0 spiro atoms. The number of hydrogen-bond donors (Lipinski definition) is 1. The zero-order valence-electron chi connectivity index (χ0n) is 24.9. The van der Waals surface area contributed by atoms with Gasteiger partial charge in [0.05, 0.1) is 33.6 Å². The molecule has 2 saturated heterocycles.